The van der Waals surface area contributed by atoms with Crippen molar-refractivity contribution >= 4 is 17.6 Å². The van der Waals surface area contributed by atoms with Crippen LogP contribution in [0.25, 0.3) is 0 Å². The summed E-state index contributed by atoms with van der Waals surface area (Å²) in [6.07, 6.45) is 6.01. The Balaban J connectivity index is 2.87. The predicted molar refractivity (Wildman–Crippen MR) is 72.1 cm³/mol. The largest absolute Gasteiger partial charge is 0.364 e. The highest BCUT2D eigenvalue weighted by molar-refractivity contribution is 6.08. The summed E-state index contributed by atoms with van der Waals surface area (Å²) in [7, 11) is 0. The van der Waals surface area contributed by atoms with Gasteiger partial charge in [0.2, 0.25) is 0 Å². The zero-order chi connectivity index (χ0) is 15.1. The van der Waals surface area contributed by atoms with Crippen molar-refractivity contribution in [3.8, 4) is 0 Å². The van der Waals surface area contributed by atoms with Crippen LogP contribution in [-0.2, 0) is 4.79 Å². The van der Waals surface area contributed by atoms with E-state index in [1.807, 2.05) is 0 Å². The lowest BCUT2D eigenvalue weighted by molar-refractivity contribution is -0.389. The molecular formula is C13H13N3O4. The molecule has 0 aromatic carbocycles. The maximum atomic E-state index is 11.8. The van der Waals surface area contributed by atoms with Crippen LogP contribution in [0.4, 0.5) is 5.82 Å². The Morgan fingerprint density at radius 3 is 2.65 bits per heavy atom. The molecule has 0 saturated carbocycles. The Bertz CT molecular complexity index is 606. The fourth-order valence-corrected chi connectivity index (χ4v) is 1.36. The van der Waals surface area contributed by atoms with E-state index in [0.717, 1.165) is 6.07 Å². The predicted octanol–water partition coefficient (Wildman–Crippen LogP) is 1.69. The van der Waals surface area contributed by atoms with E-state index < -0.39 is 22.6 Å². The van der Waals surface area contributed by atoms with E-state index >= 15 is 0 Å². The molecule has 0 atom stereocenters. The summed E-state index contributed by atoms with van der Waals surface area (Å²) in [6, 6.07) is 2.39. The van der Waals surface area contributed by atoms with Crippen LogP contribution in [-0.4, -0.2) is 21.7 Å². The van der Waals surface area contributed by atoms with Gasteiger partial charge in [-0.05, 0) is 22.9 Å². The monoisotopic (exact) mass is 275 g/mol. The summed E-state index contributed by atoms with van der Waals surface area (Å²) in [5.41, 5.74) is 0.332. The van der Waals surface area contributed by atoms with Gasteiger partial charge in [-0.1, -0.05) is 18.2 Å². The average Bonchev–Trinajstić information content (AvgIpc) is 2.38. The Morgan fingerprint density at radius 1 is 1.35 bits per heavy atom. The number of pyridine rings is 1. The van der Waals surface area contributed by atoms with Gasteiger partial charge in [-0.15, -0.1) is 0 Å². The topological polar surface area (TPSA) is 102 Å². The van der Waals surface area contributed by atoms with E-state index in [1.165, 1.54) is 25.1 Å². The number of rotatable bonds is 4. The number of nitro groups is 1. The number of amides is 2. The van der Waals surface area contributed by atoms with Crippen LogP contribution in [0.15, 0.2) is 36.4 Å². The number of hydrogen-bond donors (Lipinski definition) is 1. The van der Waals surface area contributed by atoms with Crippen molar-refractivity contribution in [1.82, 2.24) is 10.3 Å². The number of hydrogen-bond acceptors (Lipinski definition) is 5. The second-order valence-electron chi connectivity index (χ2n) is 3.82. The number of carbonyl (C=O) groups is 2. The molecule has 0 aliphatic rings. The number of allylic oxidation sites excluding steroid dienone is 3. The van der Waals surface area contributed by atoms with Gasteiger partial charge in [0.1, 0.15) is 0 Å². The highest BCUT2D eigenvalue weighted by Crippen LogP contribution is 2.12. The maximum Gasteiger partial charge on any atom is 0.364 e. The van der Waals surface area contributed by atoms with Crippen molar-refractivity contribution in [3.63, 3.8) is 0 Å². The summed E-state index contributed by atoms with van der Waals surface area (Å²) >= 11 is 0. The molecule has 0 bridgehead atoms. The zero-order valence-electron chi connectivity index (χ0n) is 11.0. The van der Waals surface area contributed by atoms with Crippen LogP contribution in [0.5, 0.6) is 0 Å². The summed E-state index contributed by atoms with van der Waals surface area (Å²) in [6.45, 7) is 3.31. The number of imide groups is 1. The van der Waals surface area contributed by atoms with Crippen LogP contribution in [0.2, 0.25) is 0 Å². The van der Waals surface area contributed by atoms with Gasteiger partial charge in [-0.25, -0.2) is 0 Å². The van der Waals surface area contributed by atoms with Gasteiger partial charge < -0.3 is 10.1 Å². The first-order chi connectivity index (χ1) is 9.43. The molecule has 1 N–H and O–H groups in total. The smallest absolute Gasteiger partial charge is 0.358 e. The molecule has 20 heavy (non-hydrogen) atoms. The number of aromatic nitrogens is 1. The molecule has 0 fully saturated rings. The molecule has 1 rings (SSSR count). The van der Waals surface area contributed by atoms with E-state index in [1.54, 1.807) is 19.1 Å². The molecule has 0 radical (unpaired) electrons. The van der Waals surface area contributed by atoms with Crippen LogP contribution in [0.3, 0.4) is 0 Å². The second-order valence-corrected chi connectivity index (χ2v) is 3.82. The standard InChI is InChI=1S/C13H13N3O4/c1-3-4-5-6-12(17)15-13(18)10-7-9(2)14-11(8-10)16(19)20/h3-8H,1-2H3,(H,15,17,18)/b4-3+,6-5+. The third kappa shape index (κ3) is 4.45. The highest BCUT2D eigenvalue weighted by atomic mass is 16.6. The van der Waals surface area contributed by atoms with Gasteiger partial charge in [0.05, 0.1) is 5.56 Å². The molecule has 0 spiro atoms. The molecule has 104 valence electrons. The lowest BCUT2D eigenvalue weighted by Gasteiger charge is -2.01. The molecular weight excluding hydrogens is 262 g/mol. The van der Waals surface area contributed by atoms with Gasteiger partial charge in [0.15, 0.2) is 5.69 Å². The summed E-state index contributed by atoms with van der Waals surface area (Å²) in [5.74, 6) is -1.76. The third-order valence-electron chi connectivity index (χ3n) is 2.18. The molecule has 0 saturated heterocycles. The number of aryl methyl sites for hydroxylation is 1. The Morgan fingerprint density at radius 2 is 2.05 bits per heavy atom. The molecule has 7 heteroatoms. The minimum Gasteiger partial charge on any atom is -0.358 e. The van der Waals surface area contributed by atoms with E-state index in [9.17, 15) is 19.7 Å². The quantitative estimate of drug-likeness (QED) is 0.390. The molecule has 2 amide bonds. The zero-order valence-corrected chi connectivity index (χ0v) is 11.0. The van der Waals surface area contributed by atoms with Crippen LogP contribution >= 0.6 is 0 Å². The SMILES string of the molecule is C/C=C/C=C/C(=O)NC(=O)c1cc(C)nc([N+](=O)[O-])c1. The van der Waals surface area contributed by atoms with Gasteiger partial charge in [-0.2, -0.15) is 0 Å². The minimum absolute atomic E-state index is 0.0111. The first kappa shape index (κ1) is 15.2. The van der Waals surface area contributed by atoms with E-state index in [-0.39, 0.29) is 5.56 Å². The van der Waals surface area contributed by atoms with Gasteiger partial charge >= 0.3 is 5.82 Å². The highest BCUT2D eigenvalue weighted by Gasteiger charge is 2.16. The third-order valence-corrected chi connectivity index (χ3v) is 2.18. The number of nitrogens with zero attached hydrogens (tertiary/aromatic N) is 2. The average molecular weight is 275 g/mol. The molecule has 0 unspecified atom stereocenters. The lowest BCUT2D eigenvalue weighted by atomic mass is 10.2. The van der Waals surface area contributed by atoms with E-state index in [0.29, 0.717) is 5.69 Å². The molecule has 0 aliphatic heterocycles. The van der Waals surface area contributed by atoms with Crippen molar-refractivity contribution in [2.45, 2.75) is 13.8 Å². The fraction of sp³-hybridized carbons (Fsp3) is 0.154. The first-order valence-electron chi connectivity index (χ1n) is 5.71. The Kier molecular flexibility index (Phi) is 5.28. The summed E-state index contributed by atoms with van der Waals surface area (Å²) in [4.78, 5) is 36.8. The molecule has 1 aromatic heterocycles. The number of carbonyl (C=O) groups excluding carboxylic acids is 2. The van der Waals surface area contributed by atoms with Gasteiger partial charge in [0.25, 0.3) is 11.8 Å². The summed E-state index contributed by atoms with van der Waals surface area (Å²) in [5, 5.41) is 12.7. The van der Waals surface area contributed by atoms with E-state index in [2.05, 4.69) is 10.3 Å². The van der Waals surface area contributed by atoms with Crippen LogP contribution < -0.4 is 5.32 Å². The summed E-state index contributed by atoms with van der Waals surface area (Å²) < 4.78 is 0. The van der Waals surface area contributed by atoms with Crippen molar-refractivity contribution in [2.75, 3.05) is 0 Å². The van der Waals surface area contributed by atoms with Crippen molar-refractivity contribution < 1.29 is 14.5 Å². The first-order valence-corrected chi connectivity index (χ1v) is 5.71. The van der Waals surface area contributed by atoms with Gasteiger partial charge in [-0.3, -0.25) is 14.9 Å². The Labute approximate surface area is 115 Å². The van der Waals surface area contributed by atoms with Crippen molar-refractivity contribution in [2.24, 2.45) is 0 Å². The van der Waals surface area contributed by atoms with Gasteiger partial charge in [0, 0.05) is 19.1 Å². The molecule has 0 aliphatic carbocycles. The fourth-order valence-electron chi connectivity index (χ4n) is 1.36. The normalized spacial score (nSPS) is 10.9. The maximum absolute atomic E-state index is 11.8. The van der Waals surface area contributed by atoms with Crippen molar-refractivity contribution in [3.05, 3.63) is 57.8 Å². The molecule has 1 aromatic rings. The lowest BCUT2D eigenvalue weighted by Crippen LogP contribution is -2.29. The second kappa shape index (κ2) is 6.93. The molecule has 7 nitrogen and oxygen atoms in total. The Hall–Kier alpha value is -2.83. The van der Waals surface area contributed by atoms with Crippen LogP contribution in [0.1, 0.15) is 23.0 Å². The number of nitrogens with one attached hydrogen (secondary N) is 1. The molecule has 1 heterocycles. The van der Waals surface area contributed by atoms with E-state index in [4.69, 9.17) is 0 Å². The van der Waals surface area contributed by atoms with Crippen molar-refractivity contribution in [1.29, 1.82) is 0 Å². The minimum atomic E-state index is -0.714. The van der Waals surface area contributed by atoms with Crippen LogP contribution in [0, 0.1) is 17.0 Å².